The van der Waals surface area contributed by atoms with E-state index in [0.29, 0.717) is 17.3 Å². The minimum absolute atomic E-state index is 0.246. The van der Waals surface area contributed by atoms with Gasteiger partial charge in [-0.3, -0.25) is 4.98 Å². The zero-order valence-electron chi connectivity index (χ0n) is 15.4. The lowest BCUT2D eigenvalue weighted by Crippen LogP contribution is -2.26. The molecule has 0 fully saturated rings. The summed E-state index contributed by atoms with van der Waals surface area (Å²) in [7, 11) is -3.64. The summed E-state index contributed by atoms with van der Waals surface area (Å²) in [6.45, 7) is 2.19. The number of aromatic nitrogens is 3. The number of nitrogens with one attached hydrogen (secondary N) is 1. The largest absolute Gasteiger partial charge is 0.256 e. The number of hydrogen-bond donors (Lipinski definition) is 1. The highest BCUT2D eigenvalue weighted by atomic mass is 32.2. The lowest BCUT2D eigenvalue weighted by atomic mass is 10.1. The molecule has 0 saturated heterocycles. The predicted octanol–water partition coefficient (Wildman–Crippen LogP) is 3.25. The van der Waals surface area contributed by atoms with E-state index in [1.165, 1.54) is 0 Å². The molecule has 0 aliphatic rings. The van der Waals surface area contributed by atoms with Gasteiger partial charge in [0.1, 0.15) is 0 Å². The predicted molar refractivity (Wildman–Crippen MR) is 109 cm³/mol. The van der Waals surface area contributed by atoms with Gasteiger partial charge in [0.2, 0.25) is 10.0 Å². The Balaban J connectivity index is 1.48. The Kier molecular flexibility index (Phi) is 4.93. The number of rotatable bonds is 6. The van der Waals surface area contributed by atoms with Crippen LogP contribution in [0.25, 0.3) is 16.6 Å². The number of benzene rings is 2. The van der Waals surface area contributed by atoms with Crippen LogP contribution in [0.1, 0.15) is 11.3 Å². The van der Waals surface area contributed by atoms with Gasteiger partial charge in [-0.2, -0.15) is 5.10 Å². The molecule has 2 heterocycles. The van der Waals surface area contributed by atoms with Crippen molar-refractivity contribution in [3.63, 3.8) is 0 Å². The van der Waals surface area contributed by atoms with E-state index in [1.54, 1.807) is 35.1 Å². The van der Waals surface area contributed by atoms with Crippen LogP contribution >= 0.6 is 0 Å². The first-order valence-corrected chi connectivity index (χ1v) is 10.5. The fourth-order valence-electron chi connectivity index (χ4n) is 3.13. The number of hydrogen-bond acceptors (Lipinski definition) is 4. The molecule has 4 rings (SSSR count). The smallest absolute Gasteiger partial charge is 0.241 e. The van der Waals surface area contributed by atoms with Gasteiger partial charge in [0, 0.05) is 30.7 Å². The van der Waals surface area contributed by atoms with Crippen molar-refractivity contribution in [3.05, 3.63) is 84.3 Å². The monoisotopic (exact) mass is 392 g/mol. The van der Waals surface area contributed by atoms with Gasteiger partial charge >= 0.3 is 0 Å². The summed E-state index contributed by atoms with van der Waals surface area (Å²) >= 11 is 0. The Labute approximate surface area is 163 Å². The van der Waals surface area contributed by atoms with E-state index < -0.39 is 10.0 Å². The van der Waals surface area contributed by atoms with E-state index >= 15 is 0 Å². The van der Waals surface area contributed by atoms with Crippen molar-refractivity contribution in [2.75, 3.05) is 6.54 Å². The maximum absolute atomic E-state index is 12.8. The second-order valence-corrected chi connectivity index (χ2v) is 8.25. The summed E-state index contributed by atoms with van der Waals surface area (Å²) in [6, 6.07) is 18.6. The summed E-state index contributed by atoms with van der Waals surface area (Å²) in [5, 5.41) is 5.13. The quantitative estimate of drug-likeness (QED) is 0.546. The molecule has 0 radical (unpaired) electrons. The van der Waals surface area contributed by atoms with E-state index in [2.05, 4.69) is 14.8 Å². The van der Waals surface area contributed by atoms with Crippen molar-refractivity contribution in [2.24, 2.45) is 0 Å². The minimum atomic E-state index is -3.64. The molecule has 0 spiro atoms. The lowest BCUT2D eigenvalue weighted by molar-refractivity contribution is 0.582. The summed E-state index contributed by atoms with van der Waals surface area (Å²) in [6.07, 6.45) is 4.04. The Hall–Kier alpha value is -3.03. The molecular weight excluding hydrogens is 372 g/mol. The molecule has 0 amide bonds. The molecule has 0 aliphatic heterocycles. The van der Waals surface area contributed by atoms with Gasteiger partial charge in [-0.25, -0.2) is 17.8 Å². The summed E-state index contributed by atoms with van der Waals surface area (Å²) in [4.78, 5) is 4.56. The van der Waals surface area contributed by atoms with E-state index in [1.807, 2.05) is 49.5 Å². The molecule has 1 N–H and O–H groups in total. The van der Waals surface area contributed by atoms with E-state index in [0.717, 1.165) is 16.9 Å². The first kappa shape index (κ1) is 18.3. The molecule has 6 nitrogen and oxygen atoms in total. The van der Waals surface area contributed by atoms with Crippen LogP contribution in [-0.2, 0) is 16.4 Å². The molecule has 0 bridgehead atoms. The summed E-state index contributed by atoms with van der Waals surface area (Å²) in [5.74, 6) is 0. The Morgan fingerprint density at radius 1 is 1.00 bits per heavy atom. The topological polar surface area (TPSA) is 76.9 Å². The summed E-state index contributed by atoms with van der Waals surface area (Å²) < 4.78 is 30.1. The zero-order chi connectivity index (χ0) is 19.6. The molecular formula is C21H20N4O2S. The van der Waals surface area contributed by atoms with Crippen LogP contribution in [0.5, 0.6) is 0 Å². The first-order valence-electron chi connectivity index (χ1n) is 8.98. The van der Waals surface area contributed by atoms with Crippen LogP contribution in [0.15, 0.2) is 78.0 Å². The fraction of sp³-hybridized carbons (Fsp3) is 0.143. The van der Waals surface area contributed by atoms with E-state index in [4.69, 9.17) is 0 Å². The summed E-state index contributed by atoms with van der Waals surface area (Å²) in [5.41, 5.74) is 3.43. The molecule has 142 valence electrons. The Morgan fingerprint density at radius 3 is 2.64 bits per heavy atom. The minimum Gasteiger partial charge on any atom is -0.256 e. The number of pyridine rings is 1. The number of aryl methyl sites for hydroxylation is 1. The van der Waals surface area contributed by atoms with Crippen LogP contribution in [0.2, 0.25) is 0 Å². The van der Waals surface area contributed by atoms with Crippen molar-refractivity contribution in [3.8, 4) is 5.69 Å². The molecule has 0 aliphatic carbocycles. The van der Waals surface area contributed by atoms with Crippen molar-refractivity contribution in [2.45, 2.75) is 18.2 Å². The van der Waals surface area contributed by atoms with Gasteiger partial charge in [0.25, 0.3) is 0 Å². The number of fused-ring (bicyclic) bond motifs is 1. The van der Waals surface area contributed by atoms with Gasteiger partial charge in [-0.15, -0.1) is 0 Å². The van der Waals surface area contributed by atoms with Gasteiger partial charge in [-0.05, 0) is 48.9 Å². The Bertz CT molecular complexity index is 1220. The van der Waals surface area contributed by atoms with E-state index in [-0.39, 0.29) is 11.4 Å². The number of nitrogens with zero attached hydrogens (tertiary/aromatic N) is 3. The average molecular weight is 392 g/mol. The third kappa shape index (κ3) is 3.67. The standard InChI is InChI=1S/C21H20N4O2S/c1-16-9-10-20(19-8-5-13-22-21(16)19)28(26,27)23-14-11-17-12-15-25(24-17)18-6-3-2-4-7-18/h2-10,12-13,15,23H,11,14H2,1H3. The van der Waals surface area contributed by atoms with Gasteiger partial charge < -0.3 is 0 Å². The van der Waals surface area contributed by atoms with Gasteiger partial charge in [-0.1, -0.05) is 24.3 Å². The normalized spacial score (nSPS) is 11.8. The van der Waals surface area contributed by atoms with E-state index in [9.17, 15) is 8.42 Å². The highest BCUT2D eigenvalue weighted by Gasteiger charge is 2.18. The molecule has 2 aromatic carbocycles. The number of sulfonamides is 1. The highest BCUT2D eigenvalue weighted by molar-refractivity contribution is 7.89. The van der Waals surface area contributed by atoms with Crippen molar-refractivity contribution in [1.82, 2.24) is 19.5 Å². The lowest BCUT2D eigenvalue weighted by Gasteiger charge is -2.10. The van der Waals surface area contributed by atoms with Crippen LogP contribution in [0.3, 0.4) is 0 Å². The molecule has 7 heteroatoms. The van der Waals surface area contributed by atoms with Gasteiger partial charge in [0.05, 0.1) is 21.8 Å². The SMILES string of the molecule is Cc1ccc(S(=O)(=O)NCCc2ccn(-c3ccccc3)n2)c2cccnc12. The fourth-order valence-corrected chi connectivity index (χ4v) is 4.36. The van der Waals surface area contributed by atoms with Crippen molar-refractivity contribution in [1.29, 1.82) is 0 Å². The second-order valence-electron chi connectivity index (χ2n) is 6.52. The third-order valence-corrected chi connectivity index (χ3v) is 6.08. The molecule has 0 saturated carbocycles. The molecule has 4 aromatic rings. The molecule has 28 heavy (non-hydrogen) atoms. The molecule has 0 unspecified atom stereocenters. The molecule has 2 aromatic heterocycles. The maximum atomic E-state index is 12.8. The highest BCUT2D eigenvalue weighted by Crippen LogP contribution is 2.24. The first-order chi connectivity index (χ1) is 13.5. The van der Waals surface area contributed by atoms with Gasteiger partial charge in [0.15, 0.2) is 0 Å². The average Bonchev–Trinajstić information content (AvgIpc) is 3.18. The van der Waals surface area contributed by atoms with Crippen molar-refractivity contribution < 1.29 is 8.42 Å². The Morgan fingerprint density at radius 2 is 1.82 bits per heavy atom. The maximum Gasteiger partial charge on any atom is 0.241 e. The second kappa shape index (κ2) is 7.53. The third-order valence-electron chi connectivity index (χ3n) is 4.56. The number of para-hydroxylation sites is 1. The molecule has 0 atom stereocenters. The van der Waals surface area contributed by atoms with Crippen LogP contribution in [-0.4, -0.2) is 29.7 Å². The van der Waals surface area contributed by atoms with Crippen LogP contribution < -0.4 is 4.72 Å². The van der Waals surface area contributed by atoms with Crippen LogP contribution in [0.4, 0.5) is 0 Å². The van der Waals surface area contributed by atoms with Crippen LogP contribution in [0, 0.1) is 6.92 Å². The van der Waals surface area contributed by atoms with Crippen molar-refractivity contribution >= 4 is 20.9 Å². The zero-order valence-corrected chi connectivity index (χ0v) is 16.2.